The lowest BCUT2D eigenvalue weighted by Crippen LogP contribution is -2.25. The van der Waals surface area contributed by atoms with Crippen LogP contribution in [0, 0.1) is 6.92 Å². The highest BCUT2D eigenvalue weighted by atomic mass is 16.7. The predicted molar refractivity (Wildman–Crippen MR) is 72.4 cm³/mol. The van der Waals surface area contributed by atoms with Gasteiger partial charge in [-0.25, -0.2) is 4.79 Å². The molecule has 0 radical (unpaired) electrons. The summed E-state index contributed by atoms with van der Waals surface area (Å²) in [5.74, 6) is -0.540. The summed E-state index contributed by atoms with van der Waals surface area (Å²) >= 11 is 0. The van der Waals surface area contributed by atoms with Crippen LogP contribution in [-0.4, -0.2) is 29.9 Å². The second-order valence-electron chi connectivity index (χ2n) is 5.26. The first-order valence-electron chi connectivity index (χ1n) is 6.72. The molecular weight excluding hydrogens is 262 g/mol. The molecule has 0 atom stereocenters. The number of carbonyl (C=O) groups is 1. The normalized spacial score (nSPS) is 11.9. The van der Waals surface area contributed by atoms with Crippen molar-refractivity contribution in [2.45, 2.75) is 53.4 Å². The molecule has 1 rings (SSSR count). The molecule has 0 amide bonds. The Hall–Kier alpha value is -1.40. The molecule has 1 aromatic heterocycles. The van der Waals surface area contributed by atoms with Gasteiger partial charge in [0.1, 0.15) is 5.60 Å². The zero-order valence-electron chi connectivity index (χ0n) is 13.0. The molecule has 0 aromatic carbocycles. The molecule has 0 fully saturated rings. The molecule has 0 aliphatic carbocycles. The first kappa shape index (κ1) is 16.7. The summed E-state index contributed by atoms with van der Waals surface area (Å²) in [6, 6.07) is 0. The second-order valence-corrected chi connectivity index (χ2v) is 5.26. The second kappa shape index (κ2) is 6.85. The molecule has 0 N–H and O–H groups in total. The van der Waals surface area contributed by atoms with E-state index in [4.69, 9.17) is 18.7 Å². The van der Waals surface area contributed by atoms with Crippen LogP contribution in [0.1, 0.15) is 62.7 Å². The van der Waals surface area contributed by atoms with Crippen LogP contribution in [0.2, 0.25) is 0 Å². The number of aryl methyl sites for hydroxylation is 1. The van der Waals surface area contributed by atoms with E-state index in [0.717, 1.165) is 0 Å². The highest BCUT2D eigenvalue weighted by Gasteiger charge is 2.31. The molecule has 0 spiro atoms. The van der Waals surface area contributed by atoms with Crippen molar-refractivity contribution in [3.05, 3.63) is 17.0 Å². The van der Waals surface area contributed by atoms with Crippen molar-refractivity contribution in [3.63, 3.8) is 0 Å². The quantitative estimate of drug-likeness (QED) is 0.591. The summed E-state index contributed by atoms with van der Waals surface area (Å²) in [6.45, 7) is 11.7. The SMILES string of the molecule is CCOC(OCC)c1c(C)noc1C(=O)OC(C)(C)C. The lowest BCUT2D eigenvalue weighted by Gasteiger charge is -2.20. The zero-order chi connectivity index (χ0) is 15.3. The highest BCUT2D eigenvalue weighted by molar-refractivity contribution is 5.88. The van der Waals surface area contributed by atoms with Crippen molar-refractivity contribution in [1.29, 1.82) is 0 Å². The van der Waals surface area contributed by atoms with Gasteiger partial charge >= 0.3 is 5.97 Å². The summed E-state index contributed by atoms with van der Waals surface area (Å²) < 4.78 is 21.4. The molecular formula is C14H23NO5. The minimum absolute atomic E-state index is 0.0318. The number of aromatic nitrogens is 1. The van der Waals surface area contributed by atoms with Crippen molar-refractivity contribution in [3.8, 4) is 0 Å². The summed E-state index contributed by atoms with van der Waals surface area (Å²) in [6.07, 6.45) is -0.682. The Morgan fingerprint density at radius 1 is 1.25 bits per heavy atom. The fourth-order valence-electron chi connectivity index (χ4n) is 1.64. The van der Waals surface area contributed by atoms with Gasteiger partial charge in [0.05, 0.1) is 11.3 Å². The van der Waals surface area contributed by atoms with Gasteiger partial charge in [0.15, 0.2) is 6.29 Å². The van der Waals surface area contributed by atoms with Gasteiger partial charge in [0.2, 0.25) is 0 Å². The Kier molecular flexibility index (Phi) is 5.71. The number of rotatable bonds is 6. The van der Waals surface area contributed by atoms with Gasteiger partial charge in [0, 0.05) is 13.2 Å². The molecule has 0 aliphatic heterocycles. The monoisotopic (exact) mass is 285 g/mol. The van der Waals surface area contributed by atoms with Gasteiger partial charge in [-0.1, -0.05) is 5.16 Å². The molecule has 0 aliphatic rings. The van der Waals surface area contributed by atoms with E-state index in [1.165, 1.54) is 0 Å². The van der Waals surface area contributed by atoms with Gasteiger partial charge < -0.3 is 18.7 Å². The number of ether oxygens (including phenoxy) is 3. The van der Waals surface area contributed by atoms with Crippen molar-refractivity contribution in [1.82, 2.24) is 5.16 Å². The molecule has 0 unspecified atom stereocenters. The highest BCUT2D eigenvalue weighted by Crippen LogP contribution is 2.27. The van der Waals surface area contributed by atoms with Crippen LogP contribution >= 0.6 is 0 Å². The van der Waals surface area contributed by atoms with E-state index in [1.54, 1.807) is 27.7 Å². The van der Waals surface area contributed by atoms with E-state index < -0.39 is 17.9 Å². The standard InChI is InChI=1S/C14H23NO5/c1-7-17-13(18-8-2)10-9(3)15-20-11(10)12(16)19-14(4,5)6/h13H,7-8H2,1-6H3. The van der Waals surface area contributed by atoms with Crippen LogP contribution in [0.25, 0.3) is 0 Å². The molecule has 0 saturated carbocycles. The van der Waals surface area contributed by atoms with Gasteiger partial charge in [-0.2, -0.15) is 0 Å². The number of nitrogens with zero attached hydrogens (tertiary/aromatic N) is 1. The van der Waals surface area contributed by atoms with E-state index in [1.807, 2.05) is 13.8 Å². The van der Waals surface area contributed by atoms with E-state index >= 15 is 0 Å². The first-order chi connectivity index (χ1) is 9.30. The summed E-state index contributed by atoms with van der Waals surface area (Å²) in [5.41, 5.74) is 0.433. The van der Waals surface area contributed by atoms with Crippen LogP contribution in [0.3, 0.4) is 0 Å². The summed E-state index contributed by atoms with van der Waals surface area (Å²) in [7, 11) is 0. The summed E-state index contributed by atoms with van der Waals surface area (Å²) in [4.78, 5) is 12.1. The fourth-order valence-corrected chi connectivity index (χ4v) is 1.64. The van der Waals surface area contributed by atoms with Gasteiger partial charge in [-0.05, 0) is 41.5 Å². The molecule has 0 saturated heterocycles. The van der Waals surface area contributed by atoms with E-state index in [9.17, 15) is 4.79 Å². The molecule has 1 aromatic rings. The largest absolute Gasteiger partial charge is 0.454 e. The van der Waals surface area contributed by atoms with E-state index in [2.05, 4.69) is 5.16 Å². The summed E-state index contributed by atoms with van der Waals surface area (Å²) in [5, 5.41) is 3.82. The van der Waals surface area contributed by atoms with Crippen LogP contribution in [-0.2, 0) is 14.2 Å². The van der Waals surface area contributed by atoms with Crippen molar-refractivity contribution >= 4 is 5.97 Å². The lowest BCUT2D eigenvalue weighted by atomic mass is 10.1. The lowest BCUT2D eigenvalue weighted by molar-refractivity contribution is -0.141. The number of hydrogen-bond acceptors (Lipinski definition) is 6. The minimum Gasteiger partial charge on any atom is -0.454 e. The fraction of sp³-hybridized carbons (Fsp3) is 0.714. The number of esters is 1. The van der Waals surface area contributed by atoms with Crippen LogP contribution in [0.4, 0.5) is 0 Å². The third-order valence-corrected chi connectivity index (χ3v) is 2.36. The maximum atomic E-state index is 12.1. The van der Waals surface area contributed by atoms with Crippen LogP contribution in [0.5, 0.6) is 0 Å². The molecule has 1 heterocycles. The average Bonchev–Trinajstić information content (AvgIpc) is 2.68. The van der Waals surface area contributed by atoms with E-state index in [-0.39, 0.29) is 5.76 Å². The smallest absolute Gasteiger partial charge is 0.378 e. The first-order valence-corrected chi connectivity index (χ1v) is 6.72. The number of hydrogen-bond donors (Lipinski definition) is 0. The van der Waals surface area contributed by atoms with Crippen molar-refractivity contribution in [2.75, 3.05) is 13.2 Å². The van der Waals surface area contributed by atoms with Crippen LogP contribution < -0.4 is 0 Å². The Morgan fingerprint density at radius 3 is 2.25 bits per heavy atom. The van der Waals surface area contributed by atoms with Gasteiger partial charge in [-0.15, -0.1) is 0 Å². The third-order valence-electron chi connectivity index (χ3n) is 2.36. The Labute approximate surface area is 119 Å². The molecule has 6 nitrogen and oxygen atoms in total. The zero-order valence-corrected chi connectivity index (χ0v) is 13.0. The molecule has 0 bridgehead atoms. The Morgan fingerprint density at radius 2 is 1.80 bits per heavy atom. The Balaban J connectivity index is 3.07. The van der Waals surface area contributed by atoms with Gasteiger partial charge in [0.25, 0.3) is 5.76 Å². The van der Waals surface area contributed by atoms with Crippen LogP contribution in [0.15, 0.2) is 4.52 Å². The topological polar surface area (TPSA) is 70.8 Å². The molecule has 114 valence electrons. The van der Waals surface area contributed by atoms with Gasteiger partial charge in [-0.3, -0.25) is 0 Å². The molecule has 20 heavy (non-hydrogen) atoms. The Bertz CT molecular complexity index is 441. The van der Waals surface area contributed by atoms with Crippen molar-refractivity contribution in [2.24, 2.45) is 0 Å². The predicted octanol–water partition coefficient (Wildman–Crippen LogP) is 3.01. The maximum Gasteiger partial charge on any atom is 0.378 e. The minimum atomic E-state index is -0.682. The third kappa shape index (κ3) is 4.31. The average molecular weight is 285 g/mol. The van der Waals surface area contributed by atoms with Crippen molar-refractivity contribution < 1.29 is 23.5 Å². The molecule has 6 heteroatoms. The van der Waals surface area contributed by atoms with E-state index in [0.29, 0.717) is 24.5 Å². The maximum absolute atomic E-state index is 12.1. The number of carbonyl (C=O) groups excluding carboxylic acids is 1.